The highest BCUT2D eigenvalue weighted by Crippen LogP contribution is 2.25. The van der Waals surface area contributed by atoms with Crippen LogP contribution in [0.1, 0.15) is 17.4 Å². The first-order valence-corrected chi connectivity index (χ1v) is 8.16. The third kappa shape index (κ3) is 3.14. The number of esters is 1. The first-order valence-electron chi connectivity index (χ1n) is 8.16. The molecule has 3 aromatic heterocycles. The molecule has 4 rings (SSSR count). The number of aromatic nitrogens is 4. The zero-order valence-electron chi connectivity index (χ0n) is 14.0. The van der Waals surface area contributed by atoms with Crippen LogP contribution in [0.2, 0.25) is 0 Å². The van der Waals surface area contributed by atoms with E-state index in [0.29, 0.717) is 23.8 Å². The van der Waals surface area contributed by atoms with Gasteiger partial charge in [-0.3, -0.25) is 5.10 Å². The molecule has 0 aliphatic rings. The van der Waals surface area contributed by atoms with E-state index in [9.17, 15) is 4.79 Å². The summed E-state index contributed by atoms with van der Waals surface area (Å²) in [6, 6.07) is 13.2. The van der Waals surface area contributed by atoms with Gasteiger partial charge in [-0.05, 0) is 55.0 Å². The number of hydrogen-bond donors (Lipinski definition) is 1. The van der Waals surface area contributed by atoms with Gasteiger partial charge in [0.15, 0.2) is 5.69 Å². The second kappa shape index (κ2) is 6.72. The van der Waals surface area contributed by atoms with Gasteiger partial charge in [-0.1, -0.05) is 0 Å². The monoisotopic (exact) mass is 348 g/mol. The van der Waals surface area contributed by atoms with Gasteiger partial charge in [-0.25, -0.2) is 9.78 Å². The lowest BCUT2D eigenvalue weighted by atomic mass is 10.1. The van der Waals surface area contributed by atoms with Gasteiger partial charge in [0.05, 0.1) is 18.5 Å². The van der Waals surface area contributed by atoms with Crippen molar-refractivity contribution in [3.8, 4) is 22.8 Å². The Hall–Kier alpha value is -3.61. The SMILES string of the molecule is CCOC(=O)c1cn2cc(Oc3ccc(-c4ccn[nH]4)cc3)ccc2n1. The van der Waals surface area contributed by atoms with Crippen molar-refractivity contribution >= 4 is 11.6 Å². The maximum atomic E-state index is 11.8. The maximum absolute atomic E-state index is 11.8. The Bertz CT molecular complexity index is 1040. The Morgan fingerprint density at radius 3 is 2.62 bits per heavy atom. The number of ether oxygens (including phenoxy) is 2. The molecule has 0 fully saturated rings. The fraction of sp³-hybridized carbons (Fsp3) is 0.105. The second-order valence-corrected chi connectivity index (χ2v) is 5.57. The molecule has 0 atom stereocenters. The standard InChI is InChI=1S/C19H16N4O3/c1-2-25-19(24)17-12-23-11-15(7-8-18(23)21-17)26-14-5-3-13(4-6-14)16-9-10-20-22-16/h3-12H,2H2,1H3,(H,20,22). The van der Waals surface area contributed by atoms with Crippen LogP contribution in [0, 0.1) is 0 Å². The van der Waals surface area contributed by atoms with Crippen LogP contribution < -0.4 is 4.74 Å². The van der Waals surface area contributed by atoms with Crippen molar-refractivity contribution in [3.63, 3.8) is 0 Å². The summed E-state index contributed by atoms with van der Waals surface area (Å²) >= 11 is 0. The molecule has 0 spiro atoms. The van der Waals surface area contributed by atoms with Crippen molar-refractivity contribution in [2.24, 2.45) is 0 Å². The largest absolute Gasteiger partial charge is 0.461 e. The van der Waals surface area contributed by atoms with E-state index in [1.807, 2.05) is 30.3 Å². The first-order chi connectivity index (χ1) is 12.7. The van der Waals surface area contributed by atoms with E-state index in [1.54, 1.807) is 42.0 Å². The number of fused-ring (bicyclic) bond motifs is 1. The molecule has 0 bridgehead atoms. The topological polar surface area (TPSA) is 81.5 Å². The predicted molar refractivity (Wildman–Crippen MR) is 95.2 cm³/mol. The zero-order chi connectivity index (χ0) is 17.9. The van der Waals surface area contributed by atoms with Gasteiger partial charge in [0.1, 0.15) is 17.1 Å². The highest BCUT2D eigenvalue weighted by atomic mass is 16.5. The van der Waals surface area contributed by atoms with Crippen LogP contribution in [0.15, 0.2) is 61.1 Å². The summed E-state index contributed by atoms with van der Waals surface area (Å²) in [6.45, 7) is 2.08. The fourth-order valence-corrected chi connectivity index (χ4v) is 2.59. The van der Waals surface area contributed by atoms with E-state index in [1.165, 1.54) is 0 Å². The number of carbonyl (C=O) groups excluding carboxylic acids is 1. The van der Waals surface area contributed by atoms with Gasteiger partial charge >= 0.3 is 5.97 Å². The molecule has 0 amide bonds. The number of imidazole rings is 1. The Balaban J connectivity index is 1.54. The molecular formula is C19H16N4O3. The highest BCUT2D eigenvalue weighted by molar-refractivity contribution is 5.87. The van der Waals surface area contributed by atoms with Crippen molar-refractivity contribution in [1.29, 1.82) is 0 Å². The molecule has 1 aromatic carbocycles. The maximum Gasteiger partial charge on any atom is 0.358 e. The Labute approximate surface area is 149 Å². The third-order valence-corrected chi connectivity index (χ3v) is 3.81. The molecule has 26 heavy (non-hydrogen) atoms. The van der Waals surface area contributed by atoms with E-state index in [0.717, 1.165) is 11.3 Å². The van der Waals surface area contributed by atoms with Crippen molar-refractivity contribution in [2.45, 2.75) is 6.92 Å². The average molecular weight is 348 g/mol. The lowest BCUT2D eigenvalue weighted by Gasteiger charge is -2.07. The minimum Gasteiger partial charge on any atom is -0.461 e. The van der Waals surface area contributed by atoms with E-state index >= 15 is 0 Å². The summed E-state index contributed by atoms with van der Waals surface area (Å²) in [7, 11) is 0. The molecular weight excluding hydrogens is 332 g/mol. The number of nitrogens with one attached hydrogen (secondary N) is 1. The van der Waals surface area contributed by atoms with Gasteiger partial charge in [-0.15, -0.1) is 0 Å². The first kappa shape index (κ1) is 15.9. The average Bonchev–Trinajstić information content (AvgIpc) is 3.32. The van der Waals surface area contributed by atoms with Crippen molar-refractivity contribution in [2.75, 3.05) is 6.61 Å². The molecule has 1 N–H and O–H groups in total. The predicted octanol–water partition coefficient (Wildman–Crippen LogP) is 3.69. The molecule has 0 aliphatic heterocycles. The molecule has 0 saturated heterocycles. The van der Waals surface area contributed by atoms with Gasteiger partial charge < -0.3 is 13.9 Å². The lowest BCUT2D eigenvalue weighted by Crippen LogP contribution is -2.04. The quantitative estimate of drug-likeness (QED) is 0.556. The van der Waals surface area contributed by atoms with Crippen LogP contribution in [-0.4, -0.2) is 32.2 Å². The summed E-state index contributed by atoms with van der Waals surface area (Å²) in [4.78, 5) is 16.0. The number of benzene rings is 1. The van der Waals surface area contributed by atoms with Crippen LogP contribution >= 0.6 is 0 Å². The summed E-state index contributed by atoms with van der Waals surface area (Å²) in [5.41, 5.74) is 2.89. The van der Waals surface area contributed by atoms with Crippen molar-refractivity contribution in [3.05, 3.63) is 66.7 Å². The van der Waals surface area contributed by atoms with Crippen molar-refractivity contribution in [1.82, 2.24) is 19.6 Å². The van der Waals surface area contributed by atoms with Crippen molar-refractivity contribution < 1.29 is 14.3 Å². The van der Waals surface area contributed by atoms with Crippen LogP contribution in [0.5, 0.6) is 11.5 Å². The van der Waals surface area contributed by atoms with Gasteiger partial charge in [0.2, 0.25) is 0 Å². The number of pyridine rings is 1. The Morgan fingerprint density at radius 2 is 1.88 bits per heavy atom. The normalized spacial score (nSPS) is 10.8. The summed E-state index contributed by atoms with van der Waals surface area (Å²) in [6.07, 6.45) is 5.11. The smallest absolute Gasteiger partial charge is 0.358 e. The van der Waals surface area contributed by atoms with Crippen LogP contribution in [-0.2, 0) is 4.74 Å². The van der Waals surface area contributed by atoms with Crippen LogP contribution in [0.25, 0.3) is 16.9 Å². The van der Waals surface area contributed by atoms with E-state index in [-0.39, 0.29) is 5.69 Å². The van der Waals surface area contributed by atoms with Gasteiger partial charge in [-0.2, -0.15) is 5.10 Å². The zero-order valence-corrected chi connectivity index (χ0v) is 14.0. The molecule has 7 heteroatoms. The number of nitrogens with zero attached hydrogens (tertiary/aromatic N) is 3. The molecule has 0 saturated carbocycles. The highest BCUT2D eigenvalue weighted by Gasteiger charge is 2.12. The Morgan fingerprint density at radius 1 is 1.08 bits per heavy atom. The van der Waals surface area contributed by atoms with E-state index in [2.05, 4.69) is 15.2 Å². The van der Waals surface area contributed by atoms with Crippen LogP contribution in [0.4, 0.5) is 0 Å². The van der Waals surface area contributed by atoms with Gasteiger partial charge in [0.25, 0.3) is 0 Å². The molecule has 0 unspecified atom stereocenters. The minimum atomic E-state index is -0.437. The van der Waals surface area contributed by atoms with E-state index < -0.39 is 5.97 Å². The number of aromatic amines is 1. The molecule has 130 valence electrons. The summed E-state index contributed by atoms with van der Waals surface area (Å²) < 4.78 is 12.6. The number of rotatable bonds is 5. The molecule has 0 radical (unpaired) electrons. The molecule has 3 heterocycles. The molecule has 7 nitrogen and oxygen atoms in total. The number of H-pyrrole nitrogens is 1. The second-order valence-electron chi connectivity index (χ2n) is 5.57. The van der Waals surface area contributed by atoms with Crippen LogP contribution in [0.3, 0.4) is 0 Å². The number of hydrogen-bond acceptors (Lipinski definition) is 5. The summed E-state index contributed by atoms with van der Waals surface area (Å²) in [5, 5.41) is 6.87. The van der Waals surface area contributed by atoms with E-state index in [4.69, 9.17) is 9.47 Å². The number of carbonyl (C=O) groups is 1. The third-order valence-electron chi connectivity index (χ3n) is 3.81. The fourth-order valence-electron chi connectivity index (χ4n) is 2.59. The lowest BCUT2D eigenvalue weighted by molar-refractivity contribution is 0.0520. The van der Waals surface area contributed by atoms with Gasteiger partial charge in [0, 0.05) is 12.4 Å². The minimum absolute atomic E-state index is 0.271. The molecule has 4 aromatic rings. The summed E-state index contributed by atoms with van der Waals surface area (Å²) in [5.74, 6) is 0.908. The molecule has 0 aliphatic carbocycles. The Kier molecular flexibility index (Phi) is 4.10.